The molecule has 2 heterocycles. The molecular weight excluding hydrogens is 354 g/mol. The predicted octanol–water partition coefficient (Wildman–Crippen LogP) is 3.03. The van der Waals surface area contributed by atoms with Crippen molar-refractivity contribution in [3.05, 3.63) is 71.4 Å². The average Bonchev–Trinajstić information content (AvgIpc) is 3.08. The Hall–Kier alpha value is -3.28. The van der Waals surface area contributed by atoms with Gasteiger partial charge >= 0.3 is 5.97 Å². The van der Waals surface area contributed by atoms with Crippen molar-refractivity contribution in [2.75, 3.05) is 18.1 Å². The van der Waals surface area contributed by atoms with Crippen molar-refractivity contribution in [1.29, 1.82) is 0 Å². The molecule has 1 aliphatic rings. The van der Waals surface area contributed by atoms with Crippen molar-refractivity contribution in [3.63, 3.8) is 0 Å². The van der Waals surface area contributed by atoms with Crippen molar-refractivity contribution in [1.82, 2.24) is 4.68 Å². The predicted molar refractivity (Wildman–Crippen MR) is 108 cm³/mol. The molecule has 144 valence electrons. The van der Waals surface area contributed by atoms with Gasteiger partial charge in [-0.2, -0.15) is 0 Å². The summed E-state index contributed by atoms with van der Waals surface area (Å²) in [5.41, 5.74) is 8.00. The molecular formula is C22H23N3O3. The molecule has 0 saturated carbocycles. The van der Waals surface area contributed by atoms with Gasteiger partial charge in [-0.15, -0.1) is 0 Å². The van der Waals surface area contributed by atoms with E-state index in [1.54, 1.807) is 24.4 Å². The molecule has 1 aromatic heterocycles. The molecule has 4 rings (SSSR count). The van der Waals surface area contributed by atoms with E-state index in [1.807, 2.05) is 10.7 Å². The highest BCUT2D eigenvalue weighted by atomic mass is 16.4. The molecule has 0 spiro atoms. The van der Waals surface area contributed by atoms with E-state index < -0.39 is 11.9 Å². The van der Waals surface area contributed by atoms with Gasteiger partial charge in [0.2, 0.25) is 5.91 Å². The Kier molecular flexibility index (Phi) is 4.77. The molecule has 1 saturated heterocycles. The number of hydrogen-bond acceptors (Lipinski definition) is 3. The number of nitrogens with two attached hydrogens (primary N) is 1. The van der Waals surface area contributed by atoms with Crippen LogP contribution in [0.5, 0.6) is 0 Å². The van der Waals surface area contributed by atoms with Gasteiger partial charge in [0.1, 0.15) is 0 Å². The van der Waals surface area contributed by atoms with Crippen LogP contribution in [-0.2, 0) is 6.42 Å². The lowest BCUT2D eigenvalue weighted by molar-refractivity contribution is 0.0698. The lowest BCUT2D eigenvalue weighted by Gasteiger charge is -2.34. The maximum atomic E-state index is 11.7. The fourth-order valence-corrected chi connectivity index (χ4v) is 4.06. The van der Waals surface area contributed by atoms with Crippen LogP contribution < -0.4 is 10.7 Å². The molecule has 1 aliphatic heterocycles. The van der Waals surface area contributed by atoms with Crippen LogP contribution in [0.25, 0.3) is 10.9 Å². The van der Waals surface area contributed by atoms with Crippen LogP contribution in [0.1, 0.15) is 39.1 Å². The Morgan fingerprint density at radius 2 is 1.79 bits per heavy atom. The number of nitrogens with zero attached hydrogens (tertiary/aromatic N) is 2. The summed E-state index contributed by atoms with van der Waals surface area (Å²) >= 11 is 0. The van der Waals surface area contributed by atoms with E-state index in [4.69, 9.17) is 5.73 Å². The maximum Gasteiger partial charge on any atom is 0.337 e. The number of primary amides is 1. The molecule has 28 heavy (non-hydrogen) atoms. The highest BCUT2D eigenvalue weighted by Gasteiger charge is 2.23. The van der Waals surface area contributed by atoms with Gasteiger partial charge in [0.25, 0.3) is 0 Å². The number of carbonyl (C=O) groups excluding carboxylic acids is 1. The van der Waals surface area contributed by atoms with Gasteiger partial charge < -0.3 is 15.8 Å². The zero-order valence-electron chi connectivity index (χ0n) is 15.5. The topological polar surface area (TPSA) is 88.6 Å². The lowest BCUT2D eigenvalue weighted by Crippen LogP contribution is -2.41. The fourth-order valence-electron chi connectivity index (χ4n) is 4.06. The summed E-state index contributed by atoms with van der Waals surface area (Å²) in [6, 6.07) is 15.5. The second-order valence-corrected chi connectivity index (χ2v) is 7.38. The van der Waals surface area contributed by atoms with Gasteiger partial charge in [0.15, 0.2) is 0 Å². The molecule has 6 heteroatoms. The normalized spacial score (nSPS) is 15.1. The smallest absolute Gasteiger partial charge is 0.337 e. The number of hydrogen-bond donors (Lipinski definition) is 2. The van der Waals surface area contributed by atoms with E-state index in [-0.39, 0.29) is 5.56 Å². The summed E-state index contributed by atoms with van der Waals surface area (Å²) in [6.45, 7) is 1.72. The van der Waals surface area contributed by atoms with Gasteiger partial charge in [-0.05, 0) is 48.9 Å². The first-order valence-electron chi connectivity index (χ1n) is 9.50. The summed E-state index contributed by atoms with van der Waals surface area (Å²) in [6.07, 6.45) is 4.82. The minimum atomic E-state index is -1.01. The summed E-state index contributed by atoms with van der Waals surface area (Å²) < 4.78 is 1.92. The van der Waals surface area contributed by atoms with E-state index in [1.165, 1.54) is 5.56 Å². The molecule has 0 unspecified atom stereocenters. The monoisotopic (exact) mass is 377 g/mol. The average molecular weight is 377 g/mol. The number of carboxylic acids is 1. The highest BCUT2D eigenvalue weighted by Crippen LogP contribution is 2.27. The Morgan fingerprint density at radius 1 is 1.07 bits per heavy atom. The number of aromatic nitrogens is 1. The van der Waals surface area contributed by atoms with Crippen LogP contribution >= 0.6 is 0 Å². The summed E-state index contributed by atoms with van der Waals surface area (Å²) in [5.74, 6) is -0.946. The van der Waals surface area contributed by atoms with Gasteiger partial charge in [-0.1, -0.05) is 30.3 Å². The number of carboxylic acid groups (broad SMARTS) is 1. The molecule has 0 bridgehead atoms. The standard InChI is InChI=1S/C22H23N3O3/c23-21(26)17-6-7-20-18(13-17)19(22(27)28)14-25(20)24-10-8-16(9-11-24)12-15-4-2-1-3-5-15/h1-7,13-14,16H,8-12H2,(H2,23,26)(H,27,28). The number of rotatable bonds is 5. The fraction of sp³-hybridized carbons (Fsp3) is 0.273. The Balaban J connectivity index is 1.56. The van der Waals surface area contributed by atoms with E-state index in [0.717, 1.165) is 37.9 Å². The number of piperidine rings is 1. The third-order valence-electron chi connectivity index (χ3n) is 5.56. The molecule has 1 fully saturated rings. The van der Waals surface area contributed by atoms with Gasteiger partial charge in [0.05, 0.1) is 11.1 Å². The van der Waals surface area contributed by atoms with Gasteiger partial charge in [0, 0.05) is 30.2 Å². The second-order valence-electron chi connectivity index (χ2n) is 7.38. The van der Waals surface area contributed by atoms with Crippen LogP contribution in [0.2, 0.25) is 0 Å². The summed E-state index contributed by atoms with van der Waals surface area (Å²) in [7, 11) is 0. The number of carbonyl (C=O) groups is 2. The number of aromatic carboxylic acids is 1. The Labute approximate surface area is 163 Å². The van der Waals surface area contributed by atoms with Gasteiger partial charge in [-0.25, -0.2) is 4.79 Å². The Morgan fingerprint density at radius 3 is 2.43 bits per heavy atom. The zero-order valence-corrected chi connectivity index (χ0v) is 15.5. The first-order chi connectivity index (χ1) is 13.5. The van der Waals surface area contributed by atoms with Crippen LogP contribution in [0, 0.1) is 5.92 Å². The zero-order chi connectivity index (χ0) is 19.7. The SMILES string of the molecule is NC(=O)c1ccc2c(c1)c(C(=O)O)cn2N1CCC(Cc2ccccc2)CC1. The van der Waals surface area contributed by atoms with Crippen LogP contribution in [0.4, 0.5) is 0 Å². The van der Waals surface area contributed by atoms with Crippen molar-refractivity contribution in [3.8, 4) is 0 Å². The van der Waals surface area contributed by atoms with Gasteiger partial charge in [-0.3, -0.25) is 9.47 Å². The second kappa shape index (κ2) is 7.38. The molecule has 0 atom stereocenters. The first-order valence-corrected chi connectivity index (χ1v) is 9.50. The molecule has 3 aromatic rings. The van der Waals surface area contributed by atoms with E-state index in [2.05, 4.69) is 29.3 Å². The first kappa shape index (κ1) is 18.1. The van der Waals surface area contributed by atoms with Crippen molar-refractivity contribution < 1.29 is 14.7 Å². The summed E-state index contributed by atoms with van der Waals surface area (Å²) in [4.78, 5) is 23.2. The molecule has 3 N–H and O–H groups in total. The van der Waals surface area contributed by atoms with Crippen LogP contribution in [0.15, 0.2) is 54.7 Å². The molecule has 6 nitrogen and oxygen atoms in total. The highest BCUT2D eigenvalue weighted by molar-refractivity contribution is 6.06. The summed E-state index contributed by atoms with van der Waals surface area (Å²) in [5, 5.41) is 12.3. The molecule has 1 amide bonds. The number of fused-ring (bicyclic) bond motifs is 1. The third kappa shape index (κ3) is 3.45. The van der Waals surface area contributed by atoms with E-state index in [9.17, 15) is 14.7 Å². The van der Waals surface area contributed by atoms with E-state index >= 15 is 0 Å². The number of benzene rings is 2. The van der Waals surface area contributed by atoms with E-state index in [0.29, 0.717) is 16.9 Å². The minimum Gasteiger partial charge on any atom is -0.478 e. The molecule has 0 radical (unpaired) electrons. The maximum absolute atomic E-state index is 11.7. The quantitative estimate of drug-likeness (QED) is 0.715. The van der Waals surface area contributed by atoms with Crippen molar-refractivity contribution in [2.24, 2.45) is 11.7 Å². The minimum absolute atomic E-state index is 0.185. The lowest BCUT2D eigenvalue weighted by atomic mass is 9.91. The Bertz CT molecular complexity index is 1020. The third-order valence-corrected chi connectivity index (χ3v) is 5.56. The van der Waals surface area contributed by atoms with Crippen molar-refractivity contribution in [2.45, 2.75) is 19.3 Å². The number of amides is 1. The molecule has 2 aromatic carbocycles. The van der Waals surface area contributed by atoms with Crippen molar-refractivity contribution >= 4 is 22.8 Å². The van der Waals surface area contributed by atoms with Crippen LogP contribution in [0.3, 0.4) is 0 Å². The molecule has 0 aliphatic carbocycles. The van der Waals surface area contributed by atoms with Crippen LogP contribution in [-0.4, -0.2) is 34.7 Å². The largest absolute Gasteiger partial charge is 0.478 e.